The van der Waals surface area contributed by atoms with Crippen LogP contribution in [0.1, 0.15) is 26.5 Å². The average Bonchev–Trinajstić information content (AvgIpc) is 3.33. The van der Waals surface area contributed by atoms with Crippen molar-refractivity contribution in [2.45, 2.75) is 6.42 Å². The van der Waals surface area contributed by atoms with Crippen LogP contribution in [-0.4, -0.2) is 38.0 Å². The van der Waals surface area contributed by atoms with Crippen molar-refractivity contribution in [3.8, 4) is 5.75 Å². The summed E-state index contributed by atoms with van der Waals surface area (Å²) in [7, 11) is 1.60. The molecule has 0 radical (unpaired) electrons. The number of hydrogen-bond acceptors (Lipinski definition) is 6. The Bertz CT molecular complexity index is 1030. The van der Waals surface area contributed by atoms with Gasteiger partial charge >= 0.3 is 5.97 Å². The highest BCUT2D eigenvalue weighted by Crippen LogP contribution is 2.17. The third-order valence-electron chi connectivity index (χ3n) is 4.37. The molecular weight excluding hydrogens is 400 g/mol. The van der Waals surface area contributed by atoms with Crippen molar-refractivity contribution in [3.05, 3.63) is 83.8 Å². The van der Waals surface area contributed by atoms with E-state index in [2.05, 4.69) is 10.6 Å². The van der Waals surface area contributed by atoms with Gasteiger partial charge in [-0.3, -0.25) is 9.59 Å². The molecule has 3 rings (SSSR count). The number of carbonyl (C=O) groups is 3. The monoisotopic (exact) mass is 422 g/mol. The van der Waals surface area contributed by atoms with Crippen LogP contribution in [0.2, 0.25) is 0 Å². The molecule has 2 amide bonds. The van der Waals surface area contributed by atoms with Gasteiger partial charge in [0.15, 0.2) is 12.4 Å². The molecule has 1 heterocycles. The molecule has 0 saturated carbocycles. The van der Waals surface area contributed by atoms with Gasteiger partial charge in [-0.05, 0) is 48.4 Å². The third-order valence-corrected chi connectivity index (χ3v) is 4.37. The predicted molar refractivity (Wildman–Crippen MR) is 113 cm³/mol. The zero-order valence-corrected chi connectivity index (χ0v) is 16.9. The lowest BCUT2D eigenvalue weighted by atomic mass is 10.1. The molecule has 1 aromatic heterocycles. The zero-order chi connectivity index (χ0) is 22.1. The molecule has 2 aromatic carbocycles. The normalized spacial score (nSPS) is 10.2. The first-order valence-corrected chi connectivity index (χ1v) is 9.57. The number of esters is 1. The SMILES string of the molecule is COc1ccc(CCNC(=O)COC(=O)c2ccccc2NC(=O)c2ccco2)cc1. The Balaban J connectivity index is 1.47. The molecule has 0 bridgehead atoms. The molecular formula is C23H22N2O6. The van der Waals surface area contributed by atoms with Crippen LogP contribution < -0.4 is 15.4 Å². The summed E-state index contributed by atoms with van der Waals surface area (Å²) in [6.07, 6.45) is 2.01. The van der Waals surface area contributed by atoms with Crippen LogP contribution in [0, 0.1) is 0 Å². The Labute approximate surface area is 179 Å². The standard InChI is InChI=1S/C23H22N2O6/c1-29-17-10-8-16(9-11-17)12-13-24-21(26)15-31-23(28)18-5-2-3-6-19(18)25-22(27)20-7-4-14-30-20/h2-11,14H,12-13,15H2,1H3,(H,24,26)(H,25,27). The number of nitrogens with one attached hydrogen (secondary N) is 2. The molecule has 0 fully saturated rings. The third kappa shape index (κ3) is 6.20. The number of ether oxygens (including phenoxy) is 2. The van der Waals surface area contributed by atoms with Crippen molar-refractivity contribution in [2.75, 3.05) is 25.6 Å². The Morgan fingerprint density at radius 1 is 0.968 bits per heavy atom. The predicted octanol–water partition coefficient (Wildman–Crippen LogP) is 3.06. The molecule has 0 spiro atoms. The van der Waals surface area contributed by atoms with Gasteiger partial charge in [0.05, 0.1) is 24.6 Å². The van der Waals surface area contributed by atoms with Crippen LogP contribution in [0.3, 0.4) is 0 Å². The van der Waals surface area contributed by atoms with Crippen molar-refractivity contribution in [3.63, 3.8) is 0 Å². The number of methoxy groups -OCH3 is 1. The summed E-state index contributed by atoms with van der Waals surface area (Å²) in [5, 5.41) is 5.30. The molecule has 0 atom stereocenters. The maximum atomic E-state index is 12.4. The molecule has 3 aromatic rings. The summed E-state index contributed by atoms with van der Waals surface area (Å²) < 4.78 is 15.2. The highest BCUT2D eigenvalue weighted by molar-refractivity contribution is 6.06. The van der Waals surface area contributed by atoms with E-state index in [1.54, 1.807) is 31.4 Å². The summed E-state index contributed by atoms with van der Waals surface area (Å²) in [5.41, 5.74) is 1.43. The quantitative estimate of drug-likeness (QED) is 0.514. The summed E-state index contributed by atoms with van der Waals surface area (Å²) in [6.45, 7) is -0.0274. The number of hydrogen-bond donors (Lipinski definition) is 2. The second-order valence-electron chi connectivity index (χ2n) is 6.50. The van der Waals surface area contributed by atoms with Gasteiger partial charge in [0, 0.05) is 6.54 Å². The van der Waals surface area contributed by atoms with Gasteiger partial charge in [0.1, 0.15) is 5.75 Å². The van der Waals surface area contributed by atoms with E-state index in [9.17, 15) is 14.4 Å². The molecule has 160 valence electrons. The minimum absolute atomic E-state index is 0.111. The molecule has 0 aliphatic carbocycles. The molecule has 8 heteroatoms. The van der Waals surface area contributed by atoms with E-state index in [-0.39, 0.29) is 17.0 Å². The van der Waals surface area contributed by atoms with Crippen molar-refractivity contribution in [1.82, 2.24) is 5.32 Å². The van der Waals surface area contributed by atoms with Gasteiger partial charge in [-0.1, -0.05) is 24.3 Å². The molecule has 0 aliphatic rings. The van der Waals surface area contributed by atoms with Crippen molar-refractivity contribution in [1.29, 1.82) is 0 Å². The van der Waals surface area contributed by atoms with Gasteiger partial charge < -0.3 is 24.5 Å². The van der Waals surface area contributed by atoms with Crippen molar-refractivity contribution in [2.24, 2.45) is 0 Å². The fraction of sp³-hybridized carbons (Fsp3) is 0.174. The molecule has 0 saturated heterocycles. The number of para-hydroxylation sites is 1. The fourth-order valence-corrected chi connectivity index (χ4v) is 2.76. The zero-order valence-electron chi connectivity index (χ0n) is 16.9. The van der Waals surface area contributed by atoms with Gasteiger partial charge in [0.2, 0.25) is 0 Å². The summed E-state index contributed by atoms with van der Waals surface area (Å²) >= 11 is 0. The van der Waals surface area contributed by atoms with E-state index < -0.39 is 24.4 Å². The molecule has 0 aliphatic heterocycles. The largest absolute Gasteiger partial charge is 0.497 e. The van der Waals surface area contributed by atoms with E-state index in [1.165, 1.54) is 18.4 Å². The van der Waals surface area contributed by atoms with Crippen molar-refractivity contribution >= 4 is 23.5 Å². The van der Waals surface area contributed by atoms with E-state index in [0.29, 0.717) is 13.0 Å². The molecule has 2 N–H and O–H groups in total. The highest BCUT2D eigenvalue weighted by Gasteiger charge is 2.17. The maximum absolute atomic E-state index is 12.4. The Hall–Kier alpha value is -4.07. The summed E-state index contributed by atoms with van der Waals surface area (Å²) in [4.78, 5) is 36.6. The number of furan rings is 1. The second-order valence-corrected chi connectivity index (χ2v) is 6.50. The van der Waals surface area contributed by atoms with Crippen LogP contribution in [0.15, 0.2) is 71.3 Å². The van der Waals surface area contributed by atoms with Crippen LogP contribution in [-0.2, 0) is 16.0 Å². The number of carbonyl (C=O) groups excluding carboxylic acids is 3. The number of anilines is 1. The molecule has 8 nitrogen and oxygen atoms in total. The van der Waals surface area contributed by atoms with E-state index in [0.717, 1.165) is 11.3 Å². The van der Waals surface area contributed by atoms with Crippen LogP contribution >= 0.6 is 0 Å². The smallest absolute Gasteiger partial charge is 0.340 e. The summed E-state index contributed by atoms with van der Waals surface area (Å²) in [5.74, 6) is -0.763. The first kappa shape index (κ1) is 21.6. The Morgan fingerprint density at radius 3 is 2.45 bits per heavy atom. The number of rotatable bonds is 9. The van der Waals surface area contributed by atoms with Gasteiger partial charge in [-0.2, -0.15) is 0 Å². The number of amides is 2. The van der Waals surface area contributed by atoms with Gasteiger partial charge in [-0.15, -0.1) is 0 Å². The number of benzene rings is 2. The summed E-state index contributed by atoms with van der Waals surface area (Å²) in [6, 6.07) is 17.0. The Morgan fingerprint density at radius 2 is 1.74 bits per heavy atom. The van der Waals surface area contributed by atoms with Gasteiger partial charge in [0.25, 0.3) is 11.8 Å². The second kappa shape index (κ2) is 10.6. The van der Waals surface area contributed by atoms with E-state index >= 15 is 0 Å². The van der Waals surface area contributed by atoms with Crippen LogP contribution in [0.5, 0.6) is 5.75 Å². The van der Waals surface area contributed by atoms with E-state index in [4.69, 9.17) is 13.9 Å². The topological polar surface area (TPSA) is 107 Å². The maximum Gasteiger partial charge on any atom is 0.340 e. The minimum atomic E-state index is -0.722. The van der Waals surface area contributed by atoms with Crippen molar-refractivity contribution < 1.29 is 28.3 Å². The minimum Gasteiger partial charge on any atom is -0.497 e. The van der Waals surface area contributed by atoms with Gasteiger partial charge in [-0.25, -0.2) is 4.79 Å². The highest BCUT2D eigenvalue weighted by atomic mass is 16.5. The lowest BCUT2D eigenvalue weighted by molar-refractivity contribution is -0.124. The first-order chi connectivity index (χ1) is 15.1. The lowest BCUT2D eigenvalue weighted by Crippen LogP contribution is -2.30. The van der Waals surface area contributed by atoms with Crippen LogP contribution in [0.4, 0.5) is 5.69 Å². The first-order valence-electron chi connectivity index (χ1n) is 9.57. The average molecular weight is 422 g/mol. The molecule has 31 heavy (non-hydrogen) atoms. The van der Waals surface area contributed by atoms with Crippen LogP contribution in [0.25, 0.3) is 0 Å². The fourth-order valence-electron chi connectivity index (χ4n) is 2.76. The van der Waals surface area contributed by atoms with E-state index in [1.807, 2.05) is 24.3 Å². The Kier molecular flexibility index (Phi) is 7.42. The lowest BCUT2D eigenvalue weighted by Gasteiger charge is -2.10. The molecule has 0 unspecified atom stereocenters.